The first-order chi connectivity index (χ1) is 8.97. The van der Waals surface area contributed by atoms with Crippen molar-refractivity contribution in [2.24, 2.45) is 7.05 Å². The molecule has 2 N–H and O–H groups in total. The Hall–Kier alpha value is -2.70. The van der Waals surface area contributed by atoms with E-state index in [-0.39, 0.29) is 16.6 Å². The summed E-state index contributed by atoms with van der Waals surface area (Å²) in [7, 11) is 1.66. The zero-order chi connectivity index (χ0) is 13.7. The zero-order valence-corrected chi connectivity index (χ0v) is 10.3. The molecule has 0 amide bonds. The van der Waals surface area contributed by atoms with Crippen LogP contribution in [0.5, 0.6) is 0 Å². The van der Waals surface area contributed by atoms with E-state index in [1.54, 1.807) is 24.6 Å². The van der Waals surface area contributed by atoms with Gasteiger partial charge in [0.15, 0.2) is 10.9 Å². The van der Waals surface area contributed by atoms with Crippen molar-refractivity contribution >= 4 is 11.2 Å². The van der Waals surface area contributed by atoms with E-state index in [0.717, 1.165) is 0 Å². The van der Waals surface area contributed by atoms with Gasteiger partial charge in [-0.25, -0.2) is 9.78 Å². The van der Waals surface area contributed by atoms with Crippen LogP contribution in [0.3, 0.4) is 0 Å². The molecular weight excluding hydrogens is 248 g/mol. The van der Waals surface area contributed by atoms with Crippen molar-refractivity contribution in [3.8, 4) is 11.4 Å². The smallest absolute Gasteiger partial charge is 0.327 e. The Kier molecular flexibility index (Phi) is 2.19. The number of hydrogen-bond donors (Lipinski definition) is 2. The summed E-state index contributed by atoms with van der Waals surface area (Å²) >= 11 is 0. The first kappa shape index (κ1) is 11.4. The van der Waals surface area contributed by atoms with E-state index in [9.17, 15) is 14.4 Å². The number of benzene rings is 1. The fourth-order valence-corrected chi connectivity index (χ4v) is 2.08. The van der Waals surface area contributed by atoms with Gasteiger partial charge in [0, 0.05) is 13.1 Å². The first-order valence-corrected chi connectivity index (χ1v) is 5.61. The third-order valence-electron chi connectivity index (χ3n) is 3.10. The summed E-state index contributed by atoms with van der Waals surface area (Å²) in [6.45, 7) is 1.69. The Morgan fingerprint density at radius 2 is 1.89 bits per heavy atom. The highest BCUT2D eigenvalue weighted by Gasteiger charge is 2.14. The Labute approximate surface area is 105 Å². The van der Waals surface area contributed by atoms with Gasteiger partial charge in [-0.3, -0.25) is 19.6 Å². The van der Waals surface area contributed by atoms with E-state index in [2.05, 4.69) is 15.0 Å². The van der Waals surface area contributed by atoms with Crippen LogP contribution < -0.4 is 16.7 Å². The molecule has 19 heavy (non-hydrogen) atoms. The van der Waals surface area contributed by atoms with Crippen molar-refractivity contribution in [2.75, 3.05) is 0 Å². The molecule has 0 bridgehead atoms. The summed E-state index contributed by atoms with van der Waals surface area (Å²) in [6.07, 6.45) is 0. The van der Waals surface area contributed by atoms with Gasteiger partial charge < -0.3 is 4.57 Å². The van der Waals surface area contributed by atoms with Gasteiger partial charge in [-0.15, -0.1) is 0 Å². The van der Waals surface area contributed by atoms with Crippen LogP contribution in [-0.4, -0.2) is 19.5 Å². The van der Waals surface area contributed by atoms with Crippen LogP contribution in [-0.2, 0) is 7.05 Å². The van der Waals surface area contributed by atoms with Crippen molar-refractivity contribution in [2.45, 2.75) is 6.92 Å². The van der Waals surface area contributed by atoms with Crippen molar-refractivity contribution in [1.82, 2.24) is 19.5 Å². The molecule has 0 saturated heterocycles. The van der Waals surface area contributed by atoms with Crippen molar-refractivity contribution in [1.29, 1.82) is 0 Å². The number of nitrogens with zero attached hydrogens (tertiary/aromatic N) is 2. The highest BCUT2D eigenvalue weighted by Crippen LogP contribution is 2.20. The van der Waals surface area contributed by atoms with Crippen molar-refractivity contribution in [3.63, 3.8) is 0 Å². The minimum atomic E-state index is -0.608. The molecular formula is C12H10N4O3. The number of fused-ring (bicyclic) bond motifs is 2. The number of hydrogen-bond acceptors (Lipinski definition) is 4. The summed E-state index contributed by atoms with van der Waals surface area (Å²) < 4.78 is 1.58. The Balaban J connectivity index is 2.65. The van der Waals surface area contributed by atoms with E-state index in [4.69, 9.17) is 0 Å². The maximum atomic E-state index is 11.7. The van der Waals surface area contributed by atoms with Crippen molar-refractivity contribution < 1.29 is 0 Å². The Bertz CT molecular complexity index is 948. The molecule has 2 heterocycles. The van der Waals surface area contributed by atoms with Gasteiger partial charge in [-0.05, 0) is 18.6 Å². The maximum Gasteiger partial charge on any atom is 0.327 e. The van der Waals surface area contributed by atoms with E-state index >= 15 is 0 Å². The molecule has 0 aromatic carbocycles. The lowest BCUT2D eigenvalue weighted by molar-refractivity contribution is 0.899. The third kappa shape index (κ3) is 1.59. The second-order valence-electron chi connectivity index (χ2n) is 4.38. The summed E-state index contributed by atoms with van der Waals surface area (Å²) in [4.78, 5) is 43.6. The maximum absolute atomic E-state index is 11.7. The fraction of sp³-hybridized carbons (Fsp3) is 0.167. The van der Waals surface area contributed by atoms with E-state index in [0.29, 0.717) is 17.0 Å². The van der Waals surface area contributed by atoms with E-state index < -0.39 is 11.2 Å². The molecule has 1 aromatic rings. The van der Waals surface area contributed by atoms with Crippen LogP contribution in [0.1, 0.15) is 5.56 Å². The monoisotopic (exact) mass is 258 g/mol. The highest BCUT2D eigenvalue weighted by atomic mass is 16.2. The fourth-order valence-electron chi connectivity index (χ4n) is 2.08. The lowest BCUT2D eigenvalue weighted by Gasteiger charge is -2.13. The van der Waals surface area contributed by atoms with Gasteiger partial charge in [0.2, 0.25) is 0 Å². The topological polar surface area (TPSA) is 101 Å². The number of nitrogens with one attached hydrogen (secondary N) is 2. The molecule has 0 unspecified atom stereocenters. The third-order valence-corrected chi connectivity index (χ3v) is 3.10. The van der Waals surface area contributed by atoms with E-state index in [1.165, 1.54) is 6.07 Å². The molecule has 7 nitrogen and oxygen atoms in total. The Morgan fingerprint density at radius 1 is 1.16 bits per heavy atom. The molecule has 0 fully saturated rings. The van der Waals surface area contributed by atoms with Gasteiger partial charge in [0.05, 0.1) is 11.4 Å². The van der Waals surface area contributed by atoms with Gasteiger partial charge in [0.25, 0.3) is 5.56 Å². The molecule has 1 aromatic heterocycles. The molecule has 7 heteroatoms. The summed E-state index contributed by atoms with van der Waals surface area (Å²) in [5.41, 5.74) is 0.784. The van der Waals surface area contributed by atoms with Crippen LogP contribution in [0.25, 0.3) is 22.6 Å². The van der Waals surface area contributed by atoms with Crippen LogP contribution >= 0.6 is 0 Å². The van der Waals surface area contributed by atoms with Gasteiger partial charge in [0.1, 0.15) is 5.65 Å². The number of aromatic amines is 2. The average molecular weight is 258 g/mol. The molecule has 96 valence electrons. The molecule has 3 rings (SSSR count). The summed E-state index contributed by atoms with van der Waals surface area (Å²) in [5.74, 6) is 0. The van der Waals surface area contributed by atoms with Crippen LogP contribution in [0.4, 0.5) is 0 Å². The standard InChI is InChI=1S/C12H10N4O3/c1-5-3-6-7(4-8(5)17)16(2)10-9(13-6)11(18)15-12(19)14-10/h3-4H,1-2H3,(H2,14,15,18,19). The predicted molar refractivity (Wildman–Crippen MR) is 69.6 cm³/mol. The van der Waals surface area contributed by atoms with Crippen LogP contribution in [0.15, 0.2) is 26.5 Å². The first-order valence-electron chi connectivity index (χ1n) is 5.61. The van der Waals surface area contributed by atoms with Crippen LogP contribution in [0.2, 0.25) is 0 Å². The molecule has 0 saturated carbocycles. The molecule has 2 aliphatic rings. The van der Waals surface area contributed by atoms with Gasteiger partial charge in [-0.1, -0.05) is 0 Å². The molecule has 1 aliphatic heterocycles. The lowest BCUT2D eigenvalue weighted by atomic mass is 10.1. The quantitative estimate of drug-likeness (QED) is 0.542. The zero-order valence-electron chi connectivity index (χ0n) is 10.3. The Morgan fingerprint density at radius 3 is 2.63 bits per heavy atom. The number of aryl methyl sites for hydroxylation is 2. The van der Waals surface area contributed by atoms with Gasteiger partial charge >= 0.3 is 5.69 Å². The second-order valence-corrected chi connectivity index (χ2v) is 4.38. The molecule has 0 radical (unpaired) electrons. The second kappa shape index (κ2) is 3.64. The normalized spacial score (nSPS) is 11.3. The minimum absolute atomic E-state index is 0.114. The largest absolute Gasteiger partial charge is 0.327 e. The lowest BCUT2D eigenvalue weighted by Crippen LogP contribution is -2.25. The minimum Gasteiger partial charge on any atom is -0.327 e. The summed E-state index contributed by atoms with van der Waals surface area (Å²) in [5, 5.41) is 0. The summed E-state index contributed by atoms with van der Waals surface area (Å²) in [6, 6.07) is 3.07. The highest BCUT2D eigenvalue weighted by molar-refractivity contribution is 5.76. The number of H-pyrrole nitrogens is 2. The van der Waals surface area contributed by atoms with Crippen molar-refractivity contribution in [3.05, 3.63) is 48.8 Å². The number of rotatable bonds is 0. The van der Waals surface area contributed by atoms with Gasteiger partial charge in [-0.2, -0.15) is 0 Å². The number of aromatic nitrogens is 4. The average Bonchev–Trinajstić information content (AvgIpc) is 2.34. The molecule has 0 atom stereocenters. The van der Waals surface area contributed by atoms with Crippen LogP contribution in [0, 0.1) is 6.92 Å². The van der Waals surface area contributed by atoms with E-state index in [1.807, 2.05) is 0 Å². The molecule has 0 spiro atoms. The SMILES string of the molecule is Cc1cc2nc3c(=O)[nH]c(=O)[nH]c3n(C)c-2cc1=O. The predicted octanol–water partition coefficient (Wildman–Crippen LogP) is -0.277. The molecule has 1 aliphatic carbocycles.